The van der Waals surface area contributed by atoms with Crippen molar-refractivity contribution in [3.8, 4) is 0 Å². The van der Waals surface area contributed by atoms with Crippen LogP contribution in [-0.4, -0.2) is 24.1 Å². The van der Waals surface area contributed by atoms with Gasteiger partial charge in [0.25, 0.3) is 0 Å². The highest BCUT2D eigenvalue weighted by Gasteiger charge is 2.20. The summed E-state index contributed by atoms with van der Waals surface area (Å²) in [6.07, 6.45) is 2.63. The summed E-state index contributed by atoms with van der Waals surface area (Å²) in [4.78, 5) is 8.73. The molecule has 0 spiro atoms. The van der Waals surface area contributed by atoms with Gasteiger partial charge in [0, 0.05) is 30.6 Å². The van der Waals surface area contributed by atoms with E-state index in [-0.39, 0.29) is 0 Å². The summed E-state index contributed by atoms with van der Waals surface area (Å²) < 4.78 is 0. The molecule has 0 saturated carbocycles. The Kier molecular flexibility index (Phi) is 4.62. The zero-order valence-corrected chi connectivity index (χ0v) is 12.8. The number of hydrogen-bond donors (Lipinski definition) is 1. The van der Waals surface area contributed by atoms with Gasteiger partial charge in [-0.2, -0.15) is 0 Å². The third-order valence-electron chi connectivity index (χ3n) is 3.31. The van der Waals surface area contributed by atoms with Gasteiger partial charge in [-0.3, -0.25) is 0 Å². The molecule has 18 heavy (non-hydrogen) atoms. The number of thiazole rings is 1. The predicted molar refractivity (Wildman–Crippen MR) is 79.6 cm³/mol. The largest absolute Gasteiger partial charge is 0.348 e. The van der Waals surface area contributed by atoms with Crippen LogP contribution >= 0.6 is 11.3 Å². The predicted octanol–water partition coefficient (Wildman–Crippen LogP) is 3.36. The van der Waals surface area contributed by atoms with Crippen molar-refractivity contribution in [2.45, 2.75) is 59.0 Å². The van der Waals surface area contributed by atoms with Crippen molar-refractivity contribution in [2.75, 3.05) is 18.0 Å². The molecule has 1 aromatic heterocycles. The second kappa shape index (κ2) is 6.02. The Hall–Kier alpha value is -0.610. The molecule has 0 aromatic carbocycles. The van der Waals surface area contributed by atoms with Gasteiger partial charge in [0.15, 0.2) is 5.13 Å². The van der Waals surface area contributed by atoms with Crippen LogP contribution in [0.1, 0.15) is 57.0 Å². The van der Waals surface area contributed by atoms with Gasteiger partial charge >= 0.3 is 0 Å². The lowest BCUT2D eigenvalue weighted by atomic mass is 10.1. The second-order valence-corrected chi connectivity index (χ2v) is 6.75. The lowest BCUT2D eigenvalue weighted by Gasteiger charge is -2.12. The van der Waals surface area contributed by atoms with Gasteiger partial charge in [-0.05, 0) is 18.8 Å². The standard InChI is InChI=1S/C14H25N3S/c1-10(2)13-12(9-15-11(3)4)18-14(16-13)17-7-5-6-8-17/h10-11,15H,5-9H2,1-4H3. The summed E-state index contributed by atoms with van der Waals surface area (Å²) in [6.45, 7) is 12.2. The van der Waals surface area contributed by atoms with Crippen molar-refractivity contribution < 1.29 is 0 Å². The molecule has 102 valence electrons. The molecule has 0 unspecified atom stereocenters. The molecule has 1 N–H and O–H groups in total. The summed E-state index contributed by atoms with van der Waals surface area (Å²) in [7, 11) is 0. The molecule has 2 rings (SSSR count). The van der Waals surface area contributed by atoms with E-state index in [0.717, 1.165) is 6.54 Å². The Balaban J connectivity index is 2.15. The molecule has 4 heteroatoms. The van der Waals surface area contributed by atoms with Crippen molar-refractivity contribution in [3.05, 3.63) is 10.6 Å². The molecule has 1 aromatic rings. The molecule has 1 saturated heterocycles. The highest BCUT2D eigenvalue weighted by atomic mass is 32.1. The molecule has 2 heterocycles. The van der Waals surface area contributed by atoms with Crippen LogP contribution in [0.25, 0.3) is 0 Å². The summed E-state index contributed by atoms with van der Waals surface area (Å²) >= 11 is 1.88. The van der Waals surface area contributed by atoms with Crippen LogP contribution in [0.4, 0.5) is 5.13 Å². The summed E-state index contributed by atoms with van der Waals surface area (Å²) in [5.41, 5.74) is 1.29. The summed E-state index contributed by atoms with van der Waals surface area (Å²) in [5.74, 6) is 0.515. The van der Waals surface area contributed by atoms with Gasteiger partial charge in [0.1, 0.15) is 0 Å². The molecule has 0 atom stereocenters. The molecule has 0 bridgehead atoms. The van der Waals surface area contributed by atoms with Crippen LogP contribution in [0.5, 0.6) is 0 Å². The van der Waals surface area contributed by atoms with E-state index in [1.54, 1.807) is 0 Å². The zero-order valence-electron chi connectivity index (χ0n) is 12.0. The van der Waals surface area contributed by atoms with Crippen molar-refractivity contribution in [2.24, 2.45) is 0 Å². The molecule has 1 fully saturated rings. The maximum absolute atomic E-state index is 4.87. The minimum absolute atomic E-state index is 0.515. The third-order valence-corrected chi connectivity index (χ3v) is 4.44. The first-order valence-corrected chi connectivity index (χ1v) is 7.87. The van der Waals surface area contributed by atoms with Gasteiger partial charge in [-0.25, -0.2) is 4.98 Å². The number of hydrogen-bond acceptors (Lipinski definition) is 4. The minimum Gasteiger partial charge on any atom is -0.348 e. The SMILES string of the molecule is CC(C)NCc1sc(N2CCCC2)nc1C(C)C. The van der Waals surface area contributed by atoms with Gasteiger partial charge in [0.2, 0.25) is 0 Å². The zero-order chi connectivity index (χ0) is 13.1. The minimum atomic E-state index is 0.515. The highest BCUT2D eigenvalue weighted by molar-refractivity contribution is 7.15. The fourth-order valence-corrected chi connectivity index (χ4v) is 3.49. The average molecular weight is 267 g/mol. The first-order valence-electron chi connectivity index (χ1n) is 7.06. The van der Waals surface area contributed by atoms with Crippen LogP contribution in [0, 0.1) is 0 Å². The number of nitrogens with one attached hydrogen (secondary N) is 1. The van der Waals surface area contributed by atoms with E-state index in [1.165, 1.54) is 41.6 Å². The highest BCUT2D eigenvalue weighted by Crippen LogP contribution is 2.32. The van der Waals surface area contributed by atoms with Gasteiger partial charge in [-0.15, -0.1) is 11.3 Å². The Morgan fingerprint density at radius 2 is 1.89 bits per heavy atom. The van der Waals surface area contributed by atoms with Crippen LogP contribution in [0.15, 0.2) is 0 Å². The number of aromatic nitrogens is 1. The molecule has 1 aliphatic rings. The third kappa shape index (κ3) is 3.23. The smallest absolute Gasteiger partial charge is 0.185 e. The van der Waals surface area contributed by atoms with E-state index >= 15 is 0 Å². The molecular weight excluding hydrogens is 242 g/mol. The van der Waals surface area contributed by atoms with Crippen molar-refractivity contribution in [3.63, 3.8) is 0 Å². The quantitative estimate of drug-likeness (QED) is 0.886. The Labute approximate surface area is 115 Å². The normalized spacial score (nSPS) is 16.2. The number of anilines is 1. The molecular formula is C14H25N3S. The van der Waals surface area contributed by atoms with Gasteiger partial charge < -0.3 is 10.2 Å². The molecule has 0 aliphatic carbocycles. The Morgan fingerprint density at radius 1 is 1.22 bits per heavy atom. The maximum Gasteiger partial charge on any atom is 0.185 e. The van der Waals surface area contributed by atoms with Crippen molar-refractivity contribution in [1.29, 1.82) is 0 Å². The second-order valence-electron chi connectivity index (χ2n) is 5.69. The number of rotatable bonds is 5. The molecule has 0 amide bonds. The van der Waals surface area contributed by atoms with E-state index in [9.17, 15) is 0 Å². The monoisotopic (exact) mass is 267 g/mol. The van der Waals surface area contributed by atoms with E-state index < -0.39 is 0 Å². The molecule has 0 radical (unpaired) electrons. The van der Waals surface area contributed by atoms with E-state index in [0.29, 0.717) is 12.0 Å². The van der Waals surface area contributed by atoms with Crippen molar-refractivity contribution in [1.82, 2.24) is 10.3 Å². The lowest BCUT2D eigenvalue weighted by molar-refractivity contribution is 0.588. The molecule has 1 aliphatic heterocycles. The average Bonchev–Trinajstić information content (AvgIpc) is 2.94. The Bertz CT molecular complexity index is 378. The van der Waals surface area contributed by atoms with Crippen molar-refractivity contribution >= 4 is 16.5 Å². The van der Waals surface area contributed by atoms with Crippen LogP contribution in [0.2, 0.25) is 0 Å². The fourth-order valence-electron chi connectivity index (χ4n) is 2.27. The van der Waals surface area contributed by atoms with Crippen LogP contribution in [0.3, 0.4) is 0 Å². The van der Waals surface area contributed by atoms with Crippen LogP contribution < -0.4 is 10.2 Å². The van der Waals surface area contributed by atoms with E-state index in [1.807, 2.05) is 11.3 Å². The summed E-state index contributed by atoms with van der Waals surface area (Å²) in [6, 6.07) is 0.530. The van der Waals surface area contributed by atoms with Gasteiger partial charge in [-0.1, -0.05) is 27.7 Å². The first-order chi connectivity index (χ1) is 8.58. The Morgan fingerprint density at radius 3 is 2.44 bits per heavy atom. The van der Waals surface area contributed by atoms with Gasteiger partial charge in [0.05, 0.1) is 5.69 Å². The van der Waals surface area contributed by atoms with E-state index in [4.69, 9.17) is 4.98 Å². The first kappa shape index (κ1) is 13.8. The molecule has 3 nitrogen and oxygen atoms in total. The lowest BCUT2D eigenvalue weighted by Crippen LogP contribution is -2.22. The summed E-state index contributed by atoms with van der Waals surface area (Å²) in [5, 5.41) is 4.75. The fraction of sp³-hybridized carbons (Fsp3) is 0.786. The van der Waals surface area contributed by atoms with Crippen LogP contribution in [-0.2, 0) is 6.54 Å². The van der Waals surface area contributed by atoms with E-state index in [2.05, 4.69) is 37.9 Å². The maximum atomic E-state index is 4.87. The number of nitrogens with zero attached hydrogens (tertiary/aromatic N) is 2. The topological polar surface area (TPSA) is 28.2 Å².